The molecule has 10 rings (SSSR count). The molecule has 0 aliphatic carbocycles. The molecule has 0 saturated carbocycles. The number of rotatable bonds is 2. The fourth-order valence-electron chi connectivity index (χ4n) is 6.74. The summed E-state index contributed by atoms with van der Waals surface area (Å²) in [5.41, 5.74) is 4.99. The van der Waals surface area contributed by atoms with Gasteiger partial charge in [-0.2, -0.15) is 0 Å². The Morgan fingerprint density at radius 1 is 0.388 bits per heavy atom. The second-order valence-corrected chi connectivity index (χ2v) is 12.5. The monoisotopic (exact) mass is 649 g/mol. The van der Waals surface area contributed by atoms with Gasteiger partial charge in [-0.25, -0.2) is 9.97 Å². The molecule has 49 heavy (non-hydrogen) atoms. The van der Waals surface area contributed by atoms with Crippen molar-refractivity contribution < 1.29 is 0 Å². The highest BCUT2D eigenvalue weighted by molar-refractivity contribution is 7.13. The summed E-state index contributed by atoms with van der Waals surface area (Å²) in [5, 5.41) is 14.5. The molecule has 0 fully saturated rings. The number of fused-ring (bicyclic) bond motifs is 10. The largest absolute Gasteiger partial charge is 0.255 e. The molecule has 6 aromatic carbocycles. The van der Waals surface area contributed by atoms with Crippen molar-refractivity contribution in [3.05, 3.63) is 163 Å². The van der Waals surface area contributed by atoms with Gasteiger partial charge in [-0.3, -0.25) is 4.98 Å². The topological polar surface area (TPSA) is 38.7 Å². The van der Waals surface area contributed by atoms with Crippen LogP contribution in [-0.2, 0) is 0 Å². The third kappa shape index (κ3) is 5.46. The van der Waals surface area contributed by atoms with Gasteiger partial charge in [-0.05, 0) is 57.3 Å². The van der Waals surface area contributed by atoms with Crippen LogP contribution in [0.25, 0.3) is 86.9 Å². The maximum Gasteiger partial charge on any atom is 0.0972 e. The van der Waals surface area contributed by atoms with Crippen LogP contribution >= 0.6 is 11.3 Å². The summed E-state index contributed by atoms with van der Waals surface area (Å²) in [6, 6.07) is 52.8. The van der Waals surface area contributed by atoms with Gasteiger partial charge in [-0.15, -0.1) is 11.3 Å². The predicted molar refractivity (Wildman–Crippen MR) is 214 cm³/mol. The zero-order valence-corrected chi connectivity index (χ0v) is 26.2. The van der Waals surface area contributed by atoms with Crippen LogP contribution < -0.4 is 0 Å². The fourth-order valence-corrected chi connectivity index (χ4v) is 7.47. The van der Waals surface area contributed by atoms with Gasteiger partial charge in [0.05, 0.1) is 33.0 Å². The summed E-state index contributed by atoms with van der Waals surface area (Å²) in [5.74, 6) is 0. The fraction of sp³-hybridized carbons (Fsp3) is 0.0444. The van der Waals surface area contributed by atoms with Gasteiger partial charge in [0.15, 0.2) is 0 Å². The molecule has 0 radical (unpaired) electrons. The van der Waals surface area contributed by atoms with E-state index >= 15 is 0 Å². The minimum absolute atomic E-state index is 0. The lowest BCUT2D eigenvalue weighted by Crippen LogP contribution is -1.92. The van der Waals surface area contributed by atoms with Crippen molar-refractivity contribution in [3.8, 4) is 22.0 Å². The van der Waals surface area contributed by atoms with E-state index in [1.807, 2.05) is 30.5 Å². The van der Waals surface area contributed by atoms with Crippen LogP contribution in [0, 0.1) is 0 Å². The lowest BCUT2D eigenvalue weighted by Gasteiger charge is -2.12. The number of thiophene rings is 1. The highest BCUT2D eigenvalue weighted by Gasteiger charge is 2.14. The summed E-state index contributed by atoms with van der Waals surface area (Å²) >= 11 is 1.74. The molecule has 0 bridgehead atoms. The van der Waals surface area contributed by atoms with E-state index in [0.29, 0.717) is 0 Å². The first-order valence-electron chi connectivity index (χ1n) is 15.7. The molecular weight excluding hydrogens is 615 g/mol. The first-order valence-corrected chi connectivity index (χ1v) is 16.6. The predicted octanol–water partition coefficient (Wildman–Crippen LogP) is 13.1. The lowest BCUT2D eigenvalue weighted by molar-refractivity contribution is 1.29. The molecule has 4 heteroatoms. The van der Waals surface area contributed by atoms with E-state index in [-0.39, 0.29) is 14.9 Å². The van der Waals surface area contributed by atoms with Gasteiger partial charge in [0.25, 0.3) is 0 Å². The lowest BCUT2D eigenvalue weighted by atomic mass is 9.96. The van der Waals surface area contributed by atoms with Gasteiger partial charge in [0.1, 0.15) is 0 Å². The molecular formula is C45H35N3S. The second-order valence-electron chi connectivity index (χ2n) is 11.6. The molecule has 4 heterocycles. The van der Waals surface area contributed by atoms with Crippen LogP contribution in [0.2, 0.25) is 0 Å². The number of benzene rings is 6. The van der Waals surface area contributed by atoms with Crippen molar-refractivity contribution >= 4 is 76.2 Å². The molecule has 0 unspecified atom stereocenters. The van der Waals surface area contributed by atoms with Gasteiger partial charge in [0.2, 0.25) is 0 Å². The quantitative estimate of drug-likeness (QED) is 0.175. The molecule has 3 nitrogen and oxygen atoms in total. The van der Waals surface area contributed by atoms with Crippen molar-refractivity contribution in [2.75, 3.05) is 0 Å². The molecule has 10 aromatic rings. The minimum atomic E-state index is 0. The molecule has 4 aromatic heterocycles. The number of nitrogens with zero attached hydrogens (tertiary/aromatic N) is 3. The molecule has 0 amide bonds. The molecule has 0 aliphatic heterocycles. The maximum atomic E-state index is 4.96. The first-order chi connectivity index (χ1) is 23.3. The summed E-state index contributed by atoms with van der Waals surface area (Å²) in [4.78, 5) is 15.6. The van der Waals surface area contributed by atoms with Crippen LogP contribution in [0.5, 0.6) is 0 Å². The van der Waals surface area contributed by atoms with Gasteiger partial charge < -0.3 is 0 Å². The van der Waals surface area contributed by atoms with E-state index in [0.717, 1.165) is 33.5 Å². The summed E-state index contributed by atoms with van der Waals surface area (Å²) in [7, 11) is 0. The Kier molecular flexibility index (Phi) is 8.56. The molecule has 236 valence electrons. The van der Waals surface area contributed by atoms with E-state index in [1.165, 1.54) is 53.4 Å². The summed E-state index contributed by atoms with van der Waals surface area (Å²) in [6.45, 7) is 0. The molecule has 0 aliphatic rings. The SMILES string of the molecule is C.C.c1ccc(-c2nc3ccccc3c3c2ccc2ccccc23)nc1.c1csc(-c2nc3ccccc3c3c2ccc2ccccc23)c1. The molecule has 0 N–H and O–H groups in total. The minimum Gasteiger partial charge on any atom is -0.255 e. The van der Waals surface area contributed by atoms with Crippen LogP contribution in [0.4, 0.5) is 0 Å². The van der Waals surface area contributed by atoms with Crippen molar-refractivity contribution in [1.29, 1.82) is 0 Å². The average molecular weight is 650 g/mol. The van der Waals surface area contributed by atoms with Crippen molar-refractivity contribution in [3.63, 3.8) is 0 Å². The van der Waals surface area contributed by atoms with Gasteiger partial charge >= 0.3 is 0 Å². The Hall–Kier alpha value is -5.97. The van der Waals surface area contributed by atoms with E-state index in [2.05, 4.69) is 138 Å². The van der Waals surface area contributed by atoms with Gasteiger partial charge in [-0.1, -0.05) is 136 Å². The highest BCUT2D eigenvalue weighted by Crippen LogP contribution is 2.39. The number of hydrogen-bond acceptors (Lipinski definition) is 4. The molecule has 0 saturated heterocycles. The summed E-state index contributed by atoms with van der Waals surface area (Å²) in [6.07, 6.45) is 1.82. The number of pyridine rings is 3. The van der Waals surface area contributed by atoms with E-state index < -0.39 is 0 Å². The van der Waals surface area contributed by atoms with Crippen molar-refractivity contribution in [2.45, 2.75) is 14.9 Å². The van der Waals surface area contributed by atoms with Crippen LogP contribution in [-0.4, -0.2) is 15.0 Å². The molecule has 0 atom stereocenters. The first kappa shape index (κ1) is 31.6. The zero-order chi connectivity index (χ0) is 31.2. The Morgan fingerprint density at radius 2 is 0.898 bits per heavy atom. The normalized spacial score (nSPS) is 10.9. The smallest absolute Gasteiger partial charge is 0.0972 e. The van der Waals surface area contributed by atoms with Crippen LogP contribution in [0.1, 0.15) is 14.9 Å². The van der Waals surface area contributed by atoms with Crippen LogP contribution in [0.15, 0.2) is 163 Å². The number of aromatic nitrogens is 3. The van der Waals surface area contributed by atoms with Crippen LogP contribution in [0.3, 0.4) is 0 Å². The maximum absolute atomic E-state index is 4.96. The highest BCUT2D eigenvalue weighted by atomic mass is 32.1. The molecule has 0 spiro atoms. The van der Waals surface area contributed by atoms with E-state index in [4.69, 9.17) is 9.97 Å². The Morgan fingerprint density at radius 3 is 1.45 bits per heavy atom. The zero-order valence-electron chi connectivity index (χ0n) is 25.3. The summed E-state index contributed by atoms with van der Waals surface area (Å²) < 4.78 is 0. The third-order valence-electron chi connectivity index (χ3n) is 8.84. The number of hydrogen-bond donors (Lipinski definition) is 0. The Labute approximate surface area is 290 Å². The van der Waals surface area contributed by atoms with E-state index in [9.17, 15) is 0 Å². The van der Waals surface area contributed by atoms with Crippen molar-refractivity contribution in [1.82, 2.24) is 15.0 Å². The third-order valence-corrected chi connectivity index (χ3v) is 9.72. The Balaban J connectivity index is 0.000000148. The van der Waals surface area contributed by atoms with Gasteiger partial charge in [0, 0.05) is 38.5 Å². The average Bonchev–Trinajstić information content (AvgIpc) is 3.69. The Bertz CT molecular complexity index is 2700. The van der Waals surface area contributed by atoms with E-state index in [1.54, 1.807) is 11.3 Å². The van der Waals surface area contributed by atoms with Crippen molar-refractivity contribution in [2.24, 2.45) is 0 Å². The standard InChI is InChI=1S/C22H14N2.C21H13NS.2CH4/c1-2-8-16-15(7-1)12-13-18-21(16)17-9-3-4-10-19(17)24-22(18)20-11-5-6-14-23-20;1-2-7-15-14(6-1)11-12-17-20(15)16-8-3-4-9-18(16)22-21(17)19-10-5-13-23-19;;/h1-14H;1-13H;2*1H4. The number of para-hydroxylation sites is 2. The second kappa shape index (κ2) is 13.3.